The van der Waals surface area contributed by atoms with Gasteiger partial charge in [0.05, 0.1) is 28.3 Å². The first-order valence-electron chi connectivity index (χ1n) is 8.47. The Labute approximate surface area is 155 Å². The van der Waals surface area contributed by atoms with E-state index in [9.17, 15) is 14.9 Å². The molecule has 140 valence electrons. The Morgan fingerprint density at radius 1 is 1.30 bits per heavy atom. The molecule has 1 heterocycles. The molecule has 0 aliphatic carbocycles. The molecule has 3 rings (SSSR count). The van der Waals surface area contributed by atoms with Crippen LogP contribution in [-0.2, 0) is 6.54 Å². The Balaban J connectivity index is 1.98. The summed E-state index contributed by atoms with van der Waals surface area (Å²) in [5, 5.41) is 11.7. The number of aromatic nitrogens is 2. The number of nitro benzene ring substituents is 1. The minimum atomic E-state index is -0.490. The van der Waals surface area contributed by atoms with Gasteiger partial charge in [0.15, 0.2) is 0 Å². The van der Waals surface area contributed by atoms with E-state index in [0.717, 1.165) is 11.3 Å². The third kappa shape index (κ3) is 4.05. The van der Waals surface area contributed by atoms with Crippen LogP contribution in [0.25, 0.3) is 10.9 Å². The van der Waals surface area contributed by atoms with Crippen LogP contribution in [0.5, 0.6) is 5.75 Å². The number of anilines is 1. The molecule has 0 bridgehead atoms. The molecule has 0 aliphatic rings. The van der Waals surface area contributed by atoms with Gasteiger partial charge >= 0.3 is 0 Å². The maximum absolute atomic E-state index is 11.9. The molecule has 8 nitrogen and oxygen atoms in total. The van der Waals surface area contributed by atoms with Gasteiger partial charge < -0.3 is 14.6 Å². The maximum Gasteiger partial charge on any atom is 0.293 e. The highest BCUT2D eigenvalue weighted by atomic mass is 16.6. The maximum atomic E-state index is 11.9. The molecule has 2 aromatic carbocycles. The van der Waals surface area contributed by atoms with Crippen LogP contribution in [0.4, 0.5) is 11.4 Å². The van der Waals surface area contributed by atoms with Crippen molar-refractivity contribution in [3.05, 3.63) is 68.8 Å². The summed E-state index contributed by atoms with van der Waals surface area (Å²) < 4.78 is 5.70. The monoisotopic (exact) mass is 368 g/mol. The van der Waals surface area contributed by atoms with Crippen molar-refractivity contribution in [3.8, 4) is 5.75 Å². The van der Waals surface area contributed by atoms with Gasteiger partial charge in [-0.15, -0.1) is 0 Å². The standard InChI is InChI=1S/C19H20N4O4/c1-12(2)27-14-6-4-5-13(7-14)10-22(3)17-9-16-15(8-18(17)23(25)26)19(24)21-11-20-16/h4-9,11-12H,10H2,1-3H3,(H,20,21,24). The zero-order valence-corrected chi connectivity index (χ0v) is 15.3. The lowest BCUT2D eigenvalue weighted by atomic mass is 10.1. The highest BCUT2D eigenvalue weighted by molar-refractivity contribution is 5.86. The van der Waals surface area contributed by atoms with Crippen LogP contribution >= 0.6 is 0 Å². The summed E-state index contributed by atoms with van der Waals surface area (Å²) in [7, 11) is 1.76. The van der Waals surface area contributed by atoms with E-state index in [0.29, 0.717) is 17.7 Å². The minimum absolute atomic E-state index is 0.0590. The first-order valence-corrected chi connectivity index (χ1v) is 8.47. The van der Waals surface area contributed by atoms with Crippen LogP contribution in [0, 0.1) is 10.1 Å². The molecule has 3 aromatic rings. The van der Waals surface area contributed by atoms with Crippen LogP contribution in [0.15, 0.2) is 47.5 Å². The summed E-state index contributed by atoms with van der Waals surface area (Å²) in [6.07, 6.45) is 1.34. The zero-order valence-electron chi connectivity index (χ0n) is 15.3. The van der Waals surface area contributed by atoms with Crippen LogP contribution in [0.3, 0.4) is 0 Å². The predicted molar refractivity (Wildman–Crippen MR) is 103 cm³/mol. The average Bonchev–Trinajstić information content (AvgIpc) is 2.60. The number of ether oxygens (including phenoxy) is 1. The third-order valence-electron chi connectivity index (χ3n) is 4.03. The highest BCUT2D eigenvalue weighted by Crippen LogP contribution is 2.31. The second kappa shape index (κ2) is 7.45. The Bertz CT molecular complexity index is 1050. The van der Waals surface area contributed by atoms with Crippen molar-refractivity contribution >= 4 is 22.3 Å². The molecule has 8 heteroatoms. The Hall–Kier alpha value is -3.42. The van der Waals surface area contributed by atoms with E-state index >= 15 is 0 Å². The fraction of sp³-hybridized carbons (Fsp3) is 0.263. The number of nitrogens with zero attached hydrogens (tertiary/aromatic N) is 3. The van der Waals surface area contributed by atoms with Crippen molar-refractivity contribution in [1.82, 2.24) is 9.97 Å². The zero-order chi connectivity index (χ0) is 19.6. The Morgan fingerprint density at radius 2 is 2.07 bits per heavy atom. The van der Waals surface area contributed by atoms with E-state index in [-0.39, 0.29) is 17.2 Å². The van der Waals surface area contributed by atoms with Crippen molar-refractivity contribution in [3.63, 3.8) is 0 Å². The first-order chi connectivity index (χ1) is 12.8. The number of hydrogen-bond donors (Lipinski definition) is 1. The lowest BCUT2D eigenvalue weighted by Crippen LogP contribution is -2.18. The van der Waals surface area contributed by atoms with Gasteiger partial charge in [-0.3, -0.25) is 14.9 Å². The van der Waals surface area contributed by atoms with Crippen LogP contribution in [0.2, 0.25) is 0 Å². The van der Waals surface area contributed by atoms with Crippen LogP contribution < -0.4 is 15.2 Å². The van der Waals surface area contributed by atoms with Crippen molar-refractivity contribution < 1.29 is 9.66 Å². The normalized spacial score (nSPS) is 11.0. The second-order valence-corrected chi connectivity index (χ2v) is 6.52. The Kier molecular flexibility index (Phi) is 5.07. The van der Waals surface area contributed by atoms with Crippen molar-refractivity contribution in [2.24, 2.45) is 0 Å². The summed E-state index contributed by atoms with van der Waals surface area (Å²) >= 11 is 0. The molecule has 0 fully saturated rings. The van der Waals surface area contributed by atoms with E-state index in [1.54, 1.807) is 18.0 Å². The fourth-order valence-electron chi connectivity index (χ4n) is 2.89. The topological polar surface area (TPSA) is 101 Å². The molecule has 0 amide bonds. The summed E-state index contributed by atoms with van der Waals surface area (Å²) in [4.78, 5) is 31.3. The molecule has 0 spiro atoms. The molecule has 0 aliphatic heterocycles. The van der Waals surface area contributed by atoms with Crippen molar-refractivity contribution in [2.75, 3.05) is 11.9 Å². The molecule has 0 saturated carbocycles. The highest BCUT2D eigenvalue weighted by Gasteiger charge is 2.20. The number of nitrogens with one attached hydrogen (secondary N) is 1. The number of fused-ring (bicyclic) bond motifs is 1. The molecule has 0 atom stereocenters. The SMILES string of the molecule is CC(C)Oc1cccc(CN(C)c2cc3nc[nH]c(=O)c3cc2[N+](=O)[O-])c1. The predicted octanol–water partition coefficient (Wildman–Crippen LogP) is 3.25. The Morgan fingerprint density at radius 3 is 2.78 bits per heavy atom. The fourth-order valence-corrected chi connectivity index (χ4v) is 2.89. The number of H-pyrrole nitrogens is 1. The van der Waals surface area contributed by atoms with E-state index in [1.807, 2.05) is 38.1 Å². The van der Waals surface area contributed by atoms with E-state index in [2.05, 4.69) is 9.97 Å². The largest absolute Gasteiger partial charge is 0.491 e. The summed E-state index contributed by atoms with van der Waals surface area (Å²) in [6.45, 7) is 4.34. The number of hydrogen-bond acceptors (Lipinski definition) is 6. The van der Waals surface area contributed by atoms with Crippen molar-refractivity contribution in [1.29, 1.82) is 0 Å². The molecule has 0 unspecified atom stereocenters. The molecule has 1 aromatic heterocycles. The molecule has 27 heavy (non-hydrogen) atoms. The number of aromatic amines is 1. The van der Waals surface area contributed by atoms with Crippen molar-refractivity contribution in [2.45, 2.75) is 26.5 Å². The van der Waals surface area contributed by atoms with E-state index in [1.165, 1.54) is 12.4 Å². The van der Waals surface area contributed by atoms with Gasteiger partial charge in [0.2, 0.25) is 0 Å². The molecule has 1 N–H and O–H groups in total. The summed E-state index contributed by atoms with van der Waals surface area (Å²) in [5.41, 5.74) is 1.20. The second-order valence-electron chi connectivity index (χ2n) is 6.52. The van der Waals surface area contributed by atoms with Crippen LogP contribution in [0.1, 0.15) is 19.4 Å². The van der Waals surface area contributed by atoms with Gasteiger partial charge in [0.1, 0.15) is 11.4 Å². The number of rotatable bonds is 6. The lowest BCUT2D eigenvalue weighted by Gasteiger charge is -2.20. The van der Waals surface area contributed by atoms with Gasteiger partial charge in [0, 0.05) is 19.7 Å². The lowest BCUT2D eigenvalue weighted by molar-refractivity contribution is -0.384. The van der Waals surface area contributed by atoms with E-state index < -0.39 is 10.5 Å². The molecule has 0 radical (unpaired) electrons. The minimum Gasteiger partial charge on any atom is -0.491 e. The third-order valence-corrected chi connectivity index (χ3v) is 4.03. The smallest absolute Gasteiger partial charge is 0.293 e. The molecular weight excluding hydrogens is 348 g/mol. The van der Waals surface area contributed by atoms with Gasteiger partial charge in [-0.25, -0.2) is 4.98 Å². The quantitative estimate of drug-likeness (QED) is 0.529. The average molecular weight is 368 g/mol. The first kappa shape index (κ1) is 18.4. The van der Waals surface area contributed by atoms with Crippen LogP contribution in [-0.4, -0.2) is 28.0 Å². The summed E-state index contributed by atoms with van der Waals surface area (Å²) in [6, 6.07) is 10.4. The summed E-state index contributed by atoms with van der Waals surface area (Å²) in [5.74, 6) is 0.747. The van der Waals surface area contributed by atoms with Gasteiger partial charge in [-0.1, -0.05) is 12.1 Å². The van der Waals surface area contributed by atoms with Gasteiger partial charge in [-0.05, 0) is 37.6 Å². The molecule has 0 saturated heterocycles. The molecular formula is C19H20N4O4. The van der Waals surface area contributed by atoms with E-state index in [4.69, 9.17) is 4.74 Å². The van der Waals surface area contributed by atoms with Gasteiger partial charge in [-0.2, -0.15) is 0 Å². The number of nitro groups is 1. The number of benzene rings is 2. The van der Waals surface area contributed by atoms with Gasteiger partial charge in [0.25, 0.3) is 11.2 Å².